The zero-order valence-electron chi connectivity index (χ0n) is 43.4. The van der Waals surface area contributed by atoms with Gasteiger partial charge in [0.2, 0.25) is 0 Å². The molecule has 372 valence electrons. The fourth-order valence-corrected chi connectivity index (χ4v) is 11.7. The standard InChI is InChI=1S/C73H40N8/c1-45-35-46(42-74)21-28-54(45)48-23-30-69(81-72-33-26-51(57-16-8-11-19-66(57)78-3)40-63(72)64-41-52(27-34-73(64)81)58-17-9-12-20-67(58)79-4)60(37-48)59-36-47(43-75)22-29-68(59)80-70-31-24-49(55-14-6-5-13-53(55)44-76)38-61(70)62-39-50(25-32-71(62)80)56-15-7-10-18-65(56)77-2/h5-41H,1H3. The Balaban J connectivity index is 1.13. The summed E-state index contributed by atoms with van der Waals surface area (Å²) in [6, 6.07) is 81.0. The average Bonchev–Trinajstić information content (AvgIpc) is 4.28. The van der Waals surface area contributed by atoms with Crippen molar-refractivity contribution in [3.63, 3.8) is 0 Å². The van der Waals surface area contributed by atoms with Crippen LogP contribution in [0.1, 0.15) is 22.3 Å². The maximum Gasteiger partial charge on any atom is 0.194 e. The summed E-state index contributed by atoms with van der Waals surface area (Å²) in [4.78, 5) is 11.7. The molecule has 0 aliphatic carbocycles. The Labute approximate surface area is 467 Å². The lowest BCUT2D eigenvalue weighted by Gasteiger charge is -2.20. The fourth-order valence-electron chi connectivity index (χ4n) is 11.7. The highest BCUT2D eigenvalue weighted by Gasteiger charge is 2.24. The van der Waals surface area contributed by atoms with Gasteiger partial charge in [0.25, 0.3) is 0 Å². The second-order valence-electron chi connectivity index (χ2n) is 19.9. The van der Waals surface area contributed by atoms with E-state index in [1.807, 2.05) is 140 Å². The predicted octanol–water partition coefficient (Wildman–Crippen LogP) is 19.5. The van der Waals surface area contributed by atoms with Crippen LogP contribution < -0.4 is 0 Å². The van der Waals surface area contributed by atoms with Crippen molar-refractivity contribution in [3.8, 4) is 96.3 Å². The van der Waals surface area contributed by atoms with E-state index in [-0.39, 0.29) is 0 Å². The molecule has 8 heteroatoms. The number of nitriles is 3. The molecule has 11 aromatic carbocycles. The van der Waals surface area contributed by atoms with Gasteiger partial charge in [-0.2, -0.15) is 15.8 Å². The number of rotatable bonds is 8. The number of fused-ring (bicyclic) bond motifs is 6. The lowest BCUT2D eigenvalue weighted by molar-refractivity contribution is 1.16. The predicted molar refractivity (Wildman–Crippen MR) is 325 cm³/mol. The van der Waals surface area contributed by atoms with Crippen LogP contribution in [0, 0.1) is 60.6 Å². The lowest BCUT2D eigenvalue weighted by Crippen LogP contribution is -2.03. The van der Waals surface area contributed by atoms with Crippen molar-refractivity contribution >= 4 is 60.7 Å². The molecule has 0 amide bonds. The number of hydrogen-bond acceptors (Lipinski definition) is 3. The molecule has 8 nitrogen and oxygen atoms in total. The number of aryl methyl sites for hydroxylation is 1. The van der Waals surface area contributed by atoms with E-state index in [0.717, 1.165) is 127 Å². The summed E-state index contributed by atoms with van der Waals surface area (Å²) < 4.78 is 4.53. The number of hydrogen-bond donors (Lipinski definition) is 0. The number of aromatic nitrogens is 2. The molecule has 13 rings (SSSR count). The van der Waals surface area contributed by atoms with E-state index < -0.39 is 0 Å². The van der Waals surface area contributed by atoms with Gasteiger partial charge in [-0.15, -0.1) is 0 Å². The Hall–Kier alpha value is -12.0. The van der Waals surface area contributed by atoms with Crippen LogP contribution in [0.15, 0.2) is 224 Å². The van der Waals surface area contributed by atoms with Crippen molar-refractivity contribution in [2.75, 3.05) is 0 Å². The zero-order valence-corrected chi connectivity index (χ0v) is 43.4. The van der Waals surface area contributed by atoms with Crippen LogP contribution in [0.25, 0.3) is 136 Å². The third kappa shape index (κ3) is 8.11. The molecular weight excluding hydrogens is 989 g/mol. The monoisotopic (exact) mass is 1030 g/mol. The van der Waals surface area contributed by atoms with Crippen LogP contribution in [-0.4, -0.2) is 9.13 Å². The van der Waals surface area contributed by atoms with Crippen molar-refractivity contribution in [1.29, 1.82) is 15.8 Å². The molecule has 81 heavy (non-hydrogen) atoms. The lowest BCUT2D eigenvalue weighted by atomic mass is 9.92. The highest BCUT2D eigenvalue weighted by Crippen LogP contribution is 2.47. The second-order valence-corrected chi connectivity index (χ2v) is 19.9. The van der Waals surface area contributed by atoms with Gasteiger partial charge in [-0.25, -0.2) is 14.5 Å². The minimum Gasteiger partial charge on any atom is -0.309 e. The van der Waals surface area contributed by atoms with Crippen molar-refractivity contribution in [2.45, 2.75) is 6.92 Å². The molecule has 0 bridgehead atoms. The molecule has 0 N–H and O–H groups in total. The summed E-state index contributed by atoms with van der Waals surface area (Å²) in [6.45, 7) is 26.2. The van der Waals surface area contributed by atoms with E-state index in [1.165, 1.54) is 0 Å². The van der Waals surface area contributed by atoms with Crippen LogP contribution in [0.4, 0.5) is 17.1 Å². The zero-order chi connectivity index (χ0) is 55.3. The molecule has 0 unspecified atom stereocenters. The molecule has 2 aromatic heterocycles. The van der Waals surface area contributed by atoms with Crippen LogP contribution in [-0.2, 0) is 0 Å². The molecule has 0 aliphatic heterocycles. The van der Waals surface area contributed by atoms with E-state index >= 15 is 0 Å². The summed E-state index contributed by atoms with van der Waals surface area (Å²) >= 11 is 0. The van der Waals surface area contributed by atoms with Gasteiger partial charge in [0.15, 0.2) is 17.1 Å². The molecule has 0 radical (unpaired) electrons. The minimum absolute atomic E-state index is 0.460. The van der Waals surface area contributed by atoms with Gasteiger partial charge < -0.3 is 9.13 Å². The van der Waals surface area contributed by atoms with Crippen molar-refractivity contribution in [3.05, 3.63) is 281 Å². The van der Waals surface area contributed by atoms with Crippen LogP contribution in [0.5, 0.6) is 0 Å². The second kappa shape index (κ2) is 19.8. The topological polar surface area (TPSA) is 94.3 Å². The number of nitrogens with zero attached hydrogens (tertiary/aromatic N) is 8. The summed E-state index contributed by atoms with van der Waals surface area (Å²) in [7, 11) is 0. The molecule has 0 aliphatic rings. The molecule has 0 saturated heterocycles. The van der Waals surface area contributed by atoms with E-state index in [0.29, 0.717) is 33.8 Å². The van der Waals surface area contributed by atoms with E-state index in [9.17, 15) is 15.8 Å². The molecule has 0 atom stereocenters. The molecule has 2 heterocycles. The summed E-state index contributed by atoms with van der Waals surface area (Å²) in [6.07, 6.45) is 0. The molecule has 0 spiro atoms. The first-order chi connectivity index (χ1) is 39.8. The van der Waals surface area contributed by atoms with Gasteiger partial charge in [-0.05, 0) is 165 Å². The van der Waals surface area contributed by atoms with Crippen molar-refractivity contribution in [1.82, 2.24) is 9.13 Å². The molecule has 13 aromatic rings. The van der Waals surface area contributed by atoms with Crippen molar-refractivity contribution in [2.24, 2.45) is 0 Å². The Morgan fingerprint density at radius 1 is 0.321 bits per heavy atom. The number of para-hydroxylation sites is 3. The molecule has 0 saturated carbocycles. The van der Waals surface area contributed by atoms with E-state index in [1.54, 1.807) is 0 Å². The first-order valence-corrected chi connectivity index (χ1v) is 26.1. The summed E-state index contributed by atoms with van der Waals surface area (Å²) in [5.41, 5.74) is 19.7. The third-order valence-electron chi connectivity index (χ3n) is 15.5. The van der Waals surface area contributed by atoms with E-state index in [2.05, 4.69) is 133 Å². The van der Waals surface area contributed by atoms with E-state index in [4.69, 9.17) is 19.7 Å². The average molecular weight is 1030 g/mol. The van der Waals surface area contributed by atoms with Crippen molar-refractivity contribution < 1.29 is 0 Å². The Morgan fingerprint density at radius 3 is 1.11 bits per heavy atom. The van der Waals surface area contributed by atoms with Crippen LogP contribution in [0.2, 0.25) is 0 Å². The quantitative estimate of drug-likeness (QED) is 0.142. The number of benzene rings is 11. The Kier molecular flexibility index (Phi) is 11.9. The van der Waals surface area contributed by atoms with Gasteiger partial charge in [0.05, 0.1) is 88.1 Å². The third-order valence-corrected chi connectivity index (χ3v) is 15.5. The largest absolute Gasteiger partial charge is 0.309 e. The first-order valence-electron chi connectivity index (χ1n) is 26.1. The molecular formula is C73H40N8. The smallest absolute Gasteiger partial charge is 0.194 e. The SMILES string of the molecule is [C-]#[N+]c1ccccc1-c1ccc2c(c1)c1cc(-c3ccccc3C#N)ccc1n2-c1ccc(C#N)cc1-c1cc(-c2ccc(C#N)cc2C)ccc1-n1c2ccc(-c3ccccc3[N+]#[C-])cc2c2cc(-c3ccccc3[N+]#[C-])ccc21. The van der Waals surface area contributed by atoms with Gasteiger partial charge in [-0.1, -0.05) is 127 Å². The van der Waals surface area contributed by atoms with Crippen LogP contribution >= 0.6 is 0 Å². The van der Waals surface area contributed by atoms with Gasteiger partial charge in [-0.3, -0.25) is 0 Å². The first kappa shape index (κ1) is 48.6. The minimum atomic E-state index is 0.460. The Bertz CT molecular complexity index is 4870. The fraction of sp³-hybridized carbons (Fsp3) is 0.0137. The molecule has 0 fully saturated rings. The Morgan fingerprint density at radius 2 is 0.679 bits per heavy atom. The maximum atomic E-state index is 10.8. The highest BCUT2D eigenvalue weighted by molar-refractivity contribution is 6.14. The van der Waals surface area contributed by atoms with Gasteiger partial charge in [0.1, 0.15) is 0 Å². The highest BCUT2D eigenvalue weighted by atomic mass is 15.0. The van der Waals surface area contributed by atoms with Crippen LogP contribution in [0.3, 0.4) is 0 Å². The summed E-state index contributed by atoms with van der Waals surface area (Å²) in [5, 5.41) is 34.8. The van der Waals surface area contributed by atoms with Gasteiger partial charge in [0, 0.05) is 32.7 Å². The van der Waals surface area contributed by atoms with Gasteiger partial charge >= 0.3 is 0 Å². The maximum absolute atomic E-state index is 10.8. The summed E-state index contributed by atoms with van der Waals surface area (Å²) in [5.74, 6) is 0. The normalized spacial score (nSPS) is 11.0.